The first-order valence-corrected chi connectivity index (χ1v) is 6.97. The van der Waals surface area contributed by atoms with Crippen molar-refractivity contribution in [3.05, 3.63) is 17.9 Å². The molecular formula is C15H23FN2O. The summed E-state index contributed by atoms with van der Waals surface area (Å²) in [6, 6.07) is 2.95. The molecule has 0 amide bonds. The van der Waals surface area contributed by atoms with E-state index in [2.05, 4.69) is 12.2 Å². The molecule has 2 atom stereocenters. The van der Waals surface area contributed by atoms with Gasteiger partial charge in [-0.3, -0.25) is 0 Å². The van der Waals surface area contributed by atoms with Gasteiger partial charge in [-0.1, -0.05) is 19.8 Å². The van der Waals surface area contributed by atoms with Crippen LogP contribution in [-0.2, 0) is 0 Å². The van der Waals surface area contributed by atoms with Crippen LogP contribution in [0.2, 0.25) is 0 Å². The summed E-state index contributed by atoms with van der Waals surface area (Å²) in [6.07, 6.45) is 5.15. The molecular weight excluding hydrogens is 243 g/mol. The molecule has 3 nitrogen and oxygen atoms in total. The van der Waals surface area contributed by atoms with Gasteiger partial charge in [-0.05, 0) is 24.7 Å². The molecule has 1 aromatic carbocycles. The predicted molar refractivity (Wildman–Crippen MR) is 77.0 cm³/mol. The second-order valence-corrected chi connectivity index (χ2v) is 5.59. The van der Waals surface area contributed by atoms with Crippen molar-refractivity contribution in [2.45, 2.75) is 32.6 Å². The molecule has 0 aliphatic heterocycles. The number of methoxy groups -OCH3 is 1. The van der Waals surface area contributed by atoms with Crippen LogP contribution in [0.25, 0.3) is 0 Å². The van der Waals surface area contributed by atoms with Gasteiger partial charge in [0.25, 0.3) is 0 Å². The minimum absolute atomic E-state index is 0.230. The van der Waals surface area contributed by atoms with Crippen molar-refractivity contribution in [3.8, 4) is 5.75 Å². The Morgan fingerprint density at radius 3 is 2.89 bits per heavy atom. The van der Waals surface area contributed by atoms with Crippen molar-refractivity contribution in [2.24, 2.45) is 11.8 Å². The Hall–Kier alpha value is -1.45. The maximum Gasteiger partial charge on any atom is 0.167 e. The largest absolute Gasteiger partial charge is 0.494 e. The summed E-state index contributed by atoms with van der Waals surface area (Å²) in [4.78, 5) is 0. The summed E-state index contributed by atoms with van der Waals surface area (Å²) in [5.74, 6) is 1.30. The van der Waals surface area contributed by atoms with Gasteiger partial charge in [0.1, 0.15) is 0 Å². The molecule has 1 aromatic rings. The lowest BCUT2D eigenvalue weighted by Gasteiger charge is -2.27. The molecule has 0 heterocycles. The lowest BCUT2D eigenvalue weighted by atomic mass is 9.82. The summed E-state index contributed by atoms with van der Waals surface area (Å²) in [7, 11) is 1.46. The number of nitrogen functional groups attached to an aromatic ring is 1. The van der Waals surface area contributed by atoms with E-state index in [4.69, 9.17) is 10.5 Å². The molecule has 19 heavy (non-hydrogen) atoms. The summed E-state index contributed by atoms with van der Waals surface area (Å²) >= 11 is 0. The average molecular weight is 266 g/mol. The molecule has 1 aliphatic rings. The third kappa shape index (κ3) is 3.52. The first-order chi connectivity index (χ1) is 9.10. The zero-order chi connectivity index (χ0) is 13.8. The van der Waals surface area contributed by atoms with E-state index in [1.165, 1.54) is 38.9 Å². The maximum absolute atomic E-state index is 13.4. The van der Waals surface area contributed by atoms with Crippen LogP contribution in [0.3, 0.4) is 0 Å². The molecule has 1 aliphatic carbocycles. The van der Waals surface area contributed by atoms with E-state index >= 15 is 0 Å². The second-order valence-electron chi connectivity index (χ2n) is 5.59. The Balaban J connectivity index is 1.99. The quantitative estimate of drug-likeness (QED) is 0.818. The van der Waals surface area contributed by atoms with Crippen molar-refractivity contribution in [1.29, 1.82) is 0 Å². The molecule has 1 fully saturated rings. The van der Waals surface area contributed by atoms with Crippen LogP contribution in [0.4, 0.5) is 15.8 Å². The van der Waals surface area contributed by atoms with Crippen LogP contribution >= 0.6 is 0 Å². The number of nitrogens with two attached hydrogens (primary N) is 1. The highest BCUT2D eigenvalue weighted by molar-refractivity contribution is 5.68. The van der Waals surface area contributed by atoms with Crippen LogP contribution < -0.4 is 15.8 Å². The van der Waals surface area contributed by atoms with Crippen molar-refractivity contribution in [1.82, 2.24) is 0 Å². The van der Waals surface area contributed by atoms with Gasteiger partial charge in [0.2, 0.25) is 0 Å². The third-order valence-corrected chi connectivity index (χ3v) is 3.95. The number of halogens is 1. The van der Waals surface area contributed by atoms with Crippen LogP contribution in [0.15, 0.2) is 12.1 Å². The fourth-order valence-corrected chi connectivity index (χ4v) is 2.88. The molecule has 106 valence electrons. The lowest BCUT2D eigenvalue weighted by molar-refractivity contribution is 0.293. The number of anilines is 2. The van der Waals surface area contributed by atoms with Gasteiger partial charge < -0.3 is 15.8 Å². The van der Waals surface area contributed by atoms with E-state index in [9.17, 15) is 4.39 Å². The molecule has 0 aromatic heterocycles. The Bertz CT molecular complexity index is 436. The molecule has 2 rings (SSSR count). The van der Waals surface area contributed by atoms with Crippen LogP contribution in [0.5, 0.6) is 5.75 Å². The number of benzene rings is 1. The van der Waals surface area contributed by atoms with Gasteiger partial charge in [-0.25, -0.2) is 4.39 Å². The molecule has 3 N–H and O–H groups in total. The predicted octanol–water partition coefficient (Wildman–Crippen LogP) is 3.65. The fraction of sp³-hybridized carbons (Fsp3) is 0.600. The maximum atomic E-state index is 13.4. The highest BCUT2D eigenvalue weighted by atomic mass is 19.1. The van der Waals surface area contributed by atoms with Crippen molar-refractivity contribution >= 4 is 11.4 Å². The zero-order valence-electron chi connectivity index (χ0n) is 11.7. The highest BCUT2D eigenvalue weighted by Crippen LogP contribution is 2.31. The normalized spacial score (nSPS) is 23.1. The van der Waals surface area contributed by atoms with Crippen LogP contribution in [0.1, 0.15) is 32.6 Å². The second kappa shape index (κ2) is 6.13. The molecule has 1 saturated carbocycles. The van der Waals surface area contributed by atoms with Crippen molar-refractivity contribution in [2.75, 3.05) is 24.7 Å². The first kappa shape index (κ1) is 14.0. The number of nitrogens with one attached hydrogen (secondary N) is 1. The molecule has 0 bridgehead atoms. The van der Waals surface area contributed by atoms with Crippen molar-refractivity contribution < 1.29 is 9.13 Å². The van der Waals surface area contributed by atoms with Crippen LogP contribution in [-0.4, -0.2) is 13.7 Å². The standard InChI is InChI=1S/C15H23FN2O/c1-10-4-3-5-11(6-10)9-18-14-8-15(19-2)12(16)7-13(14)17/h7-8,10-11,18H,3-6,9,17H2,1-2H3. The van der Waals surface area contributed by atoms with Gasteiger partial charge in [0.15, 0.2) is 11.6 Å². The number of hydrogen-bond acceptors (Lipinski definition) is 3. The Labute approximate surface area is 114 Å². The van der Waals surface area contributed by atoms with E-state index < -0.39 is 5.82 Å². The highest BCUT2D eigenvalue weighted by Gasteiger charge is 2.19. The minimum Gasteiger partial charge on any atom is -0.494 e. The van der Waals surface area contributed by atoms with Gasteiger partial charge in [0.05, 0.1) is 18.5 Å². The molecule has 0 saturated heterocycles. The Morgan fingerprint density at radius 2 is 2.21 bits per heavy atom. The van der Waals surface area contributed by atoms with Gasteiger partial charge in [0, 0.05) is 18.7 Å². The molecule has 0 radical (unpaired) electrons. The fourth-order valence-electron chi connectivity index (χ4n) is 2.88. The van der Waals surface area contributed by atoms with E-state index in [1.807, 2.05) is 0 Å². The number of hydrogen-bond donors (Lipinski definition) is 2. The first-order valence-electron chi connectivity index (χ1n) is 6.97. The van der Waals surface area contributed by atoms with Crippen molar-refractivity contribution in [3.63, 3.8) is 0 Å². The van der Waals surface area contributed by atoms with E-state index in [-0.39, 0.29) is 5.75 Å². The summed E-state index contributed by atoms with van der Waals surface area (Å²) in [6.45, 7) is 3.20. The topological polar surface area (TPSA) is 47.3 Å². The van der Waals surface area contributed by atoms with Crippen LogP contribution in [0, 0.1) is 17.7 Å². The summed E-state index contributed by atoms with van der Waals surface area (Å²) in [5.41, 5.74) is 7.02. The Kier molecular flexibility index (Phi) is 4.51. The molecule has 0 spiro atoms. The lowest BCUT2D eigenvalue weighted by Crippen LogP contribution is -2.21. The van der Waals surface area contributed by atoms with E-state index in [0.29, 0.717) is 11.6 Å². The summed E-state index contributed by atoms with van der Waals surface area (Å²) < 4.78 is 18.4. The van der Waals surface area contributed by atoms with Gasteiger partial charge >= 0.3 is 0 Å². The number of rotatable bonds is 4. The third-order valence-electron chi connectivity index (χ3n) is 3.95. The zero-order valence-corrected chi connectivity index (χ0v) is 11.7. The SMILES string of the molecule is COc1cc(NCC2CCCC(C)C2)c(N)cc1F. The van der Waals surface area contributed by atoms with E-state index in [0.717, 1.165) is 18.2 Å². The molecule has 2 unspecified atom stereocenters. The number of ether oxygens (including phenoxy) is 1. The average Bonchev–Trinajstić information content (AvgIpc) is 2.38. The van der Waals surface area contributed by atoms with E-state index in [1.54, 1.807) is 6.07 Å². The Morgan fingerprint density at radius 1 is 1.42 bits per heavy atom. The monoisotopic (exact) mass is 266 g/mol. The summed E-state index contributed by atoms with van der Waals surface area (Å²) in [5, 5.41) is 3.33. The van der Waals surface area contributed by atoms with Gasteiger partial charge in [-0.15, -0.1) is 0 Å². The van der Waals surface area contributed by atoms with Gasteiger partial charge in [-0.2, -0.15) is 0 Å². The molecule has 4 heteroatoms. The smallest absolute Gasteiger partial charge is 0.167 e. The minimum atomic E-state index is -0.420.